The van der Waals surface area contributed by atoms with Crippen LogP contribution in [0.1, 0.15) is 12.0 Å². The predicted molar refractivity (Wildman–Crippen MR) is 80.7 cm³/mol. The summed E-state index contributed by atoms with van der Waals surface area (Å²) in [7, 11) is 1.69. The number of carbonyl (C=O) groups is 2. The number of hydrogen-bond donors (Lipinski definition) is 1. The first kappa shape index (κ1) is 16.4. The maximum atomic E-state index is 12.8. The van der Waals surface area contributed by atoms with Crippen LogP contribution in [0.4, 0.5) is 10.2 Å². The minimum absolute atomic E-state index is 0.0273. The normalized spacial score (nSPS) is 11.5. The molecule has 1 amide bonds. The molecule has 6 nitrogen and oxygen atoms in total. The predicted octanol–water partition coefficient (Wildman–Crippen LogP) is 1.84. The monoisotopic (exact) mass is 314 g/mol. The number of hydrogen-bond acceptors (Lipinski definition) is 4. The van der Waals surface area contributed by atoms with Crippen LogP contribution in [0.15, 0.2) is 36.5 Å². The molecule has 1 heterocycles. The van der Waals surface area contributed by atoms with Crippen molar-refractivity contribution in [1.82, 2.24) is 9.78 Å². The van der Waals surface area contributed by atoms with Crippen molar-refractivity contribution in [3.05, 3.63) is 47.9 Å². The molecule has 0 bridgehead atoms. The number of rotatable bonds is 6. The fraction of sp³-hybridized carbons (Fsp3) is 0.250. The Labute approximate surface area is 132 Å². The van der Waals surface area contributed by atoms with E-state index in [1.54, 1.807) is 37.5 Å². The Kier molecular flexibility index (Phi) is 5.20. The topological polar surface area (TPSA) is 87.8 Å². The molecule has 23 heavy (non-hydrogen) atoms. The Morgan fingerprint density at radius 2 is 2.04 bits per heavy atom. The molecule has 0 aliphatic rings. The molecular weight excluding hydrogens is 299 g/mol. The molecule has 2 rings (SSSR count). The fourth-order valence-electron chi connectivity index (χ4n) is 2.02. The van der Waals surface area contributed by atoms with E-state index in [9.17, 15) is 14.0 Å². The summed E-state index contributed by atoms with van der Waals surface area (Å²) >= 11 is 0. The summed E-state index contributed by atoms with van der Waals surface area (Å²) in [5, 5.41) is 15.5. The molecule has 0 spiro atoms. The van der Waals surface area contributed by atoms with Gasteiger partial charge >= 0.3 is 0 Å². The second kappa shape index (κ2) is 7.31. The highest BCUT2D eigenvalue weighted by molar-refractivity contribution is 6.09. The van der Waals surface area contributed by atoms with E-state index in [0.29, 0.717) is 6.42 Å². The van der Waals surface area contributed by atoms with Crippen LogP contribution in [0.25, 0.3) is 0 Å². The Bertz CT molecular complexity index is 746. The van der Waals surface area contributed by atoms with E-state index in [0.717, 1.165) is 5.56 Å². The third kappa shape index (κ3) is 4.48. The van der Waals surface area contributed by atoms with Crippen LogP contribution in [0.3, 0.4) is 0 Å². The van der Waals surface area contributed by atoms with E-state index in [2.05, 4.69) is 10.4 Å². The maximum Gasteiger partial charge on any atom is 0.250 e. The highest BCUT2D eigenvalue weighted by atomic mass is 19.1. The number of aryl methyl sites for hydroxylation is 2. The molecule has 0 saturated heterocycles. The number of carbonyl (C=O) groups excluding carboxylic acids is 2. The zero-order valence-electron chi connectivity index (χ0n) is 12.5. The maximum absolute atomic E-state index is 12.8. The van der Waals surface area contributed by atoms with Gasteiger partial charge in [-0.3, -0.25) is 14.3 Å². The van der Waals surface area contributed by atoms with Crippen molar-refractivity contribution in [1.29, 1.82) is 5.26 Å². The summed E-state index contributed by atoms with van der Waals surface area (Å²) in [4.78, 5) is 24.1. The third-order valence-corrected chi connectivity index (χ3v) is 3.25. The zero-order valence-corrected chi connectivity index (χ0v) is 12.5. The lowest BCUT2D eigenvalue weighted by Gasteiger charge is -2.08. The molecule has 1 aromatic heterocycles. The van der Waals surface area contributed by atoms with Gasteiger partial charge in [0.1, 0.15) is 5.82 Å². The number of nitriles is 1. The average molecular weight is 314 g/mol. The van der Waals surface area contributed by atoms with Gasteiger partial charge in [0.25, 0.3) is 5.91 Å². The lowest BCUT2D eigenvalue weighted by atomic mass is 9.98. The first-order chi connectivity index (χ1) is 11.0. The summed E-state index contributed by atoms with van der Waals surface area (Å²) in [6.07, 6.45) is 2.00. The van der Waals surface area contributed by atoms with Gasteiger partial charge in [-0.05, 0) is 24.1 Å². The Morgan fingerprint density at radius 3 is 2.61 bits per heavy atom. The second-order valence-electron chi connectivity index (χ2n) is 5.02. The van der Waals surface area contributed by atoms with Gasteiger partial charge in [-0.2, -0.15) is 10.4 Å². The van der Waals surface area contributed by atoms with E-state index in [1.807, 2.05) is 0 Å². The van der Waals surface area contributed by atoms with Crippen LogP contribution < -0.4 is 5.32 Å². The summed E-state index contributed by atoms with van der Waals surface area (Å²) in [5.74, 6) is -2.65. The largest absolute Gasteiger partial charge is 0.308 e. The number of aromatic nitrogens is 2. The van der Waals surface area contributed by atoms with E-state index < -0.39 is 17.6 Å². The average Bonchev–Trinajstić information content (AvgIpc) is 2.92. The van der Waals surface area contributed by atoms with Crippen LogP contribution in [-0.4, -0.2) is 21.5 Å². The molecule has 118 valence electrons. The van der Waals surface area contributed by atoms with Crippen molar-refractivity contribution >= 4 is 17.5 Å². The second-order valence-corrected chi connectivity index (χ2v) is 5.02. The van der Waals surface area contributed by atoms with Gasteiger partial charge in [0.15, 0.2) is 17.5 Å². The molecule has 0 radical (unpaired) electrons. The number of nitrogens with zero attached hydrogens (tertiary/aromatic N) is 3. The third-order valence-electron chi connectivity index (χ3n) is 3.25. The Morgan fingerprint density at radius 1 is 1.35 bits per heavy atom. The van der Waals surface area contributed by atoms with Gasteiger partial charge in [-0.15, -0.1) is 0 Å². The summed E-state index contributed by atoms with van der Waals surface area (Å²) in [5.41, 5.74) is 0.765. The Balaban J connectivity index is 1.93. The number of benzene rings is 1. The minimum atomic E-state index is -1.39. The van der Waals surface area contributed by atoms with Crippen LogP contribution in [0.2, 0.25) is 0 Å². The molecule has 1 N–H and O–H groups in total. The van der Waals surface area contributed by atoms with Crippen molar-refractivity contribution in [2.45, 2.75) is 12.8 Å². The number of ketones is 1. The molecule has 1 unspecified atom stereocenters. The summed E-state index contributed by atoms with van der Waals surface area (Å²) in [6, 6.07) is 9.02. The lowest BCUT2D eigenvalue weighted by Crippen LogP contribution is -2.29. The van der Waals surface area contributed by atoms with Crippen molar-refractivity contribution in [3.8, 4) is 6.07 Å². The Hall–Kier alpha value is -3.01. The van der Waals surface area contributed by atoms with Gasteiger partial charge in [0, 0.05) is 25.7 Å². The molecular formula is C16H15FN4O2. The molecule has 0 saturated carbocycles. The van der Waals surface area contributed by atoms with Gasteiger partial charge in [-0.25, -0.2) is 4.39 Å². The molecule has 7 heteroatoms. The zero-order chi connectivity index (χ0) is 16.8. The van der Waals surface area contributed by atoms with E-state index in [4.69, 9.17) is 5.26 Å². The molecule has 1 atom stereocenters. The summed E-state index contributed by atoms with van der Waals surface area (Å²) in [6.45, 7) is 0. The van der Waals surface area contributed by atoms with Crippen molar-refractivity contribution in [2.75, 3.05) is 5.32 Å². The van der Waals surface area contributed by atoms with Crippen LogP contribution in [0, 0.1) is 23.1 Å². The SMILES string of the molecule is Cn1ccc(NC(=O)C(C#N)C(=O)CCc2ccc(F)cc2)n1. The first-order valence-corrected chi connectivity index (χ1v) is 6.97. The number of Topliss-reactive ketones (excluding diaryl/α,β-unsaturated/α-hetero) is 1. The van der Waals surface area contributed by atoms with Crippen molar-refractivity contribution in [2.24, 2.45) is 13.0 Å². The summed E-state index contributed by atoms with van der Waals surface area (Å²) < 4.78 is 14.3. The first-order valence-electron chi connectivity index (χ1n) is 6.97. The van der Waals surface area contributed by atoms with Gasteiger partial charge in [-0.1, -0.05) is 12.1 Å². The van der Waals surface area contributed by atoms with Gasteiger partial charge in [0.05, 0.1) is 6.07 Å². The highest BCUT2D eigenvalue weighted by Gasteiger charge is 2.26. The van der Waals surface area contributed by atoms with E-state index in [1.165, 1.54) is 16.8 Å². The van der Waals surface area contributed by atoms with Gasteiger partial charge < -0.3 is 5.32 Å². The standard InChI is InChI=1S/C16H15FN4O2/c1-21-9-8-15(20-21)19-16(23)13(10-18)14(22)7-4-11-2-5-12(17)6-3-11/h2-3,5-6,8-9,13H,4,7H2,1H3,(H,19,20,23). The number of nitrogens with one attached hydrogen (secondary N) is 1. The highest BCUT2D eigenvalue weighted by Crippen LogP contribution is 2.11. The lowest BCUT2D eigenvalue weighted by molar-refractivity contribution is -0.128. The van der Waals surface area contributed by atoms with E-state index in [-0.39, 0.29) is 18.1 Å². The molecule has 2 aromatic rings. The minimum Gasteiger partial charge on any atom is -0.308 e. The molecule has 0 fully saturated rings. The van der Waals surface area contributed by atoms with Gasteiger partial charge in [0.2, 0.25) is 0 Å². The number of halogens is 1. The smallest absolute Gasteiger partial charge is 0.250 e. The molecule has 0 aliphatic heterocycles. The van der Waals surface area contributed by atoms with Crippen molar-refractivity contribution < 1.29 is 14.0 Å². The van der Waals surface area contributed by atoms with Crippen LogP contribution in [-0.2, 0) is 23.1 Å². The fourth-order valence-corrected chi connectivity index (χ4v) is 2.02. The number of anilines is 1. The molecule has 1 aromatic carbocycles. The molecule has 0 aliphatic carbocycles. The van der Waals surface area contributed by atoms with Crippen LogP contribution >= 0.6 is 0 Å². The van der Waals surface area contributed by atoms with E-state index >= 15 is 0 Å². The number of amides is 1. The van der Waals surface area contributed by atoms with Crippen molar-refractivity contribution in [3.63, 3.8) is 0 Å². The van der Waals surface area contributed by atoms with Crippen LogP contribution in [0.5, 0.6) is 0 Å². The quantitative estimate of drug-likeness (QED) is 0.824.